The van der Waals surface area contributed by atoms with E-state index in [1.807, 2.05) is 0 Å². The first-order valence-electron chi connectivity index (χ1n) is 2.34. The molecule has 0 spiro atoms. The van der Waals surface area contributed by atoms with Crippen LogP contribution >= 0.6 is 0 Å². The first-order valence-corrected chi connectivity index (χ1v) is 2.34. The Hall–Kier alpha value is -0.0400. The summed E-state index contributed by atoms with van der Waals surface area (Å²) in [6, 6.07) is 0. The molecule has 35 valence electrons. The van der Waals surface area contributed by atoms with Crippen LogP contribution in [0.2, 0.25) is 0 Å². The lowest BCUT2D eigenvalue weighted by atomic mass is 9.87. The third kappa shape index (κ3) is 0.548. The molecule has 6 heavy (non-hydrogen) atoms. The molecule has 0 atom stereocenters. The molecule has 0 aromatic heterocycles. The molecule has 0 aliphatic carbocycles. The first-order chi connectivity index (χ1) is 2.71. The largest absolute Gasteiger partial charge is 0.241 e. The van der Waals surface area contributed by atoms with Crippen molar-refractivity contribution in [1.29, 1.82) is 0 Å². The second-order valence-electron chi connectivity index (χ2n) is 2.70. The summed E-state index contributed by atoms with van der Waals surface area (Å²) >= 11 is 0. The molecule has 1 heterocycles. The van der Waals surface area contributed by atoms with Gasteiger partial charge in [0.1, 0.15) is 0 Å². The molecule has 1 fully saturated rings. The molecule has 0 unspecified atom stereocenters. The molecule has 0 N–H and O–H groups in total. The Bertz CT molecular complexity index is 51.0. The fourth-order valence-electron chi connectivity index (χ4n) is 0.559. The summed E-state index contributed by atoms with van der Waals surface area (Å²) in [7, 11) is 0. The van der Waals surface area contributed by atoms with Crippen LogP contribution in [0.15, 0.2) is 0 Å². The van der Waals surface area contributed by atoms with Gasteiger partial charge in [-0.3, -0.25) is 0 Å². The average molecular weight is 84.1 g/mol. The number of rotatable bonds is 0. The lowest BCUT2D eigenvalue weighted by Crippen LogP contribution is -2.43. The van der Waals surface area contributed by atoms with Crippen molar-refractivity contribution in [3.05, 3.63) is 0 Å². The van der Waals surface area contributed by atoms with Crippen LogP contribution in [-0.4, -0.2) is 13.1 Å². The van der Waals surface area contributed by atoms with Gasteiger partial charge in [0.15, 0.2) is 0 Å². The number of nitrogens with zero attached hydrogens (tertiary/aromatic N) is 1. The standard InChI is InChI=1S/C5H10N/c1-5(2)3-6-4-5/h3-4H2,1-2H3. The van der Waals surface area contributed by atoms with E-state index in [0.717, 1.165) is 13.1 Å². The zero-order valence-electron chi connectivity index (χ0n) is 4.36. The van der Waals surface area contributed by atoms with Crippen molar-refractivity contribution >= 4 is 0 Å². The quantitative estimate of drug-likeness (QED) is 0.409. The van der Waals surface area contributed by atoms with Crippen molar-refractivity contribution < 1.29 is 0 Å². The SMILES string of the molecule is CC1(C)C[N]C1. The van der Waals surface area contributed by atoms with Crippen LogP contribution < -0.4 is 5.32 Å². The van der Waals surface area contributed by atoms with Gasteiger partial charge in [-0.05, 0) is 5.41 Å². The van der Waals surface area contributed by atoms with E-state index in [-0.39, 0.29) is 0 Å². The van der Waals surface area contributed by atoms with Gasteiger partial charge in [-0.25, -0.2) is 5.32 Å². The molecule has 0 saturated carbocycles. The van der Waals surface area contributed by atoms with E-state index >= 15 is 0 Å². The molecular formula is C5H10N. The third-order valence-electron chi connectivity index (χ3n) is 1.08. The minimum atomic E-state index is 0.556. The summed E-state index contributed by atoms with van der Waals surface area (Å²) in [6.45, 7) is 6.62. The summed E-state index contributed by atoms with van der Waals surface area (Å²) in [5.41, 5.74) is 0.556. The minimum Gasteiger partial charge on any atom is -0.241 e. The molecule has 1 aliphatic heterocycles. The second kappa shape index (κ2) is 0.969. The van der Waals surface area contributed by atoms with Crippen LogP contribution in [0, 0.1) is 5.41 Å². The van der Waals surface area contributed by atoms with Gasteiger partial charge in [0, 0.05) is 13.1 Å². The predicted octanol–water partition coefficient (Wildman–Crippen LogP) is 0.631. The van der Waals surface area contributed by atoms with Crippen LogP contribution in [0.1, 0.15) is 13.8 Å². The van der Waals surface area contributed by atoms with Gasteiger partial charge in [-0.15, -0.1) is 0 Å². The van der Waals surface area contributed by atoms with Gasteiger partial charge in [-0.2, -0.15) is 0 Å². The second-order valence-corrected chi connectivity index (χ2v) is 2.70. The molecule has 1 heteroatoms. The van der Waals surface area contributed by atoms with E-state index in [1.54, 1.807) is 0 Å². The monoisotopic (exact) mass is 84.1 g/mol. The third-order valence-corrected chi connectivity index (χ3v) is 1.08. The Morgan fingerprint density at radius 1 is 1.33 bits per heavy atom. The fourth-order valence-corrected chi connectivity index (χ4v) is 0.559. The highest BCUT2D eigenvalue weighted by Gasteiger charge is 2.26. The van der Waals surface area contributed by atoms with E-state index < -0.39 is 0 Å². The van der Waals surface area contributed by atoms with Crippen molar-refractivity contribution in [1.82, 2.24) is 5.32 Å². The minimum absolute atomic E-state index is 0.556. The van der Waals surface area contributed by atoms with Crippen LogP contribution in [0.5, 0.6) is 0 Å². The summed E-state index contributed by atoms with van der Waals surface area (Å²) in [5.74, 6) is 0. The summed E-state index contributed by atoms with van der Waals surface area (Å²) in [4.78, 5) is 0. The fraction of sp³-hybridized carbons (Fsp3) is 1.00. The van der Waals surface area contributed by atoms with Gasteiger partial charge in [0.05, 0.1) is 0 Å². The van der Waals surface area contributed by atoms with Crippen LogP contribution in [0.4, 0.5) is 0 Å². The summed E-state index contributed by atoms with van der Waals surface area (Å²) < 4.78 is 0. The molecule has 1 saturated heterocycles. The average Bonchev–Trinajstić information content (AvgIpc) is 1.32. The lowest BCUT2D eigenvalue weighted by molar-refractivity contribution is 0.219. The molecule has 1 radical (unpaired) electrons. The van der Waals surface area contributed by atoms with Gasteiger partial charge >= 0.3 is 0 Å². The summed E-state index contributed by atoms with van der Waals surface area (Å²) in [6.07, 6.45) is 0. The maximum Gasteiger partial charge on any atom is 0.0197 e. The van der Waals surface area contributed by atoms with E-state index in [9.17, 15) is 0 Å². The van der Waals surface area contributed by atoms with Crippen LogP contribution in [0.3, 0.4) is 0 Å². The number of hydrogen-bond acceptors (Lipinski definition) is 0. The Morgan fingerprint density at radius 3 is 1.67 bits per heavy atom. The Labute approximate surface area is 38.7 Å². The molecule has 0 bridgehead atoms. The van der Waals surface area contributed by atoms with E-state index in [1.165, 1.54) is 0 Å². The Balaban J connectivity index is 2.31. The van der Waals surface area contributed by atoms with Crippen LogP contribution in [-0.2, 0) is 0 Å². The predicted molar refractivity (Wildman–Crippen MR) is 25.6 cm³/mol. The molecular weight excluding hydrogens is 74.1 g/mol. The van der Waals surface area contributed by atoms with E-state index in [2.05, 4.69) is 19.2 Å². The van der Waals surface area contributed by atoms with Gasteiger partial charge < -0.3 is 0 Å². The van der Waals surface area contributed by atoms with Crippen molar-refractivity contribution in [3.8, 4) is 0 Å². The normalized spacial score (nSPS) is 29.0. The van der Waals surface area contributed by atoms with Crippen molar-refractivity contribution in [2.24, 2.45) is 5.41 Å². The zero-order valence-corrected chi connectivity index (χ0v) is 4.36. The maximum atomic E-state index is 4.07. The maximum absolute atomic E-state index is 4.07. The topological polar surface area (TPSA) is 14.1 Å². The molecule has 1 rings (SSSR count). The van der Waals surface area contributed by atoms with Gasteiger partial charge in [-0.1, -0.05) is 13.8 Å². The van der Waals surface area contributed by atoms with Crippen molar-refractivity contribution in [3.63, 3.8) is 0 Å². The van der Waals surface area contributed by atoms with E-state index in [0.29, 0.717) is 5.41 Å². The Morgan fingerprint density at radius 2 is 1.67 bits per heavy atom. The highest BCUT2D eigenvalue weighted by Crippen LogP contribution is 2.19. The molecule has 0 amide bonds. The number of hydrogen-bond donors (Lipinski definition) is 0. The zero-order chi connectivity index (χ0) is 4.62. The van der Waals surface area contributed by atoms with Gasteiger partial charge in [0.25, 0.3) is 0 Å². The smallest absolute Gasteiger partial charge is 0.0197 e. The first kappa shape index (κ1) is 4.13. The van der Waals surface area contributed by atoms with E-state index in [4.69, 9.17) is 0 Å². The molecule has 0 aromatic carbocycles. The molecule has 1 aliphatic rings. The van der Waals surface area contributed by atoms with Crippen molar-refractivity contribution in [2.45, 2.75) is 13.8 Å². The van der Waals surface area contributed by atoms with Gasteiger partial charge in [0.2, 0.25) is 0 Å². The summed E-state index contributed by atoms with van der Waals surface area (Å²) in [5, 5.41) is 4.07. The van der Waals surface area contributed by atoms with Crippen LogP contribution in [0.25, 0.3) is 0 Å². The highest BCUT2D eigenvalue weighted by molar-refractivity contribution is 4.82. The lowest BCUT2D eigenvalue weighted by Gasteiger charge is -2.33. The molecule has 0 aromatic rings. The molecule has 1 nitrogen and oxygen atoms in total. The Kier molecular flexibility index (Phi) is 0.667. The van der Waals surface area contributed by atoms with Crippen molar-refractivity contribution in [2.75, 3.05) is 13.1 Å². The highest BCUT2D eigenvalue weighted by atomic mass is 15.0.